The molecule has 3 rings (SSSR count). The van der Waals surface area contributed by atoms with Crippen LogP contribution in [0.15, 0.2) is 36.4 Å². The predicted octanol–water partition coefficient (Wildman–Crippen LogP) is 3.88. The first-order chi connectivity index (χ1) is 9.06. The molecule has 4 heteroatoms. The summed E-state index contributed by atoms with van der Waals surface area (Å²) in [5, 5.41) is 0.722. The van der Waals surface area contributed by atoms with Gasteiger partial charge in [0.15, 0.2) is 0 Å². The van der Waals surface area contributed by atoms with Crippen molar-refractivity contribution in [2.24, 2.45) is 0 Å². The lowest BCUT2D eigenvalue weighted by Gasteiger charge is -2.09. The normalized spacial score (nSPS) is 11.1. The average molecular weight is 272 g/mol. The summed E-state index contributed by atoms with van der Waals surface area (Å²) < 4.78 is 2.05. The molecule has 0 unspecified atom stereocenters. The Morgan fingerprint density at radius 1 is 1.11 bits per heavy atom. The molecule has 96 valence electrons. The monoisotopic (exact) mass is 271 g/mol. The fourth-order valence-electron chi connectivity index (χ4n) is 2.32. The first-order valence-corrected chi connectivity index (χ1v) is 6.45. The number of aromatic nitrogens is 2. The molecule has 19 heavy (non-hydrogen) atoms. The van der Waals surface area contributed by atoms with Gasteiger partial charge in [-0.05, 0) is 49.7 Å². The maximum absolute atomic E-state index is 6.35. The van der Waals surface area contributed by atoms with Crippen molar-refractivity contribution < 1.29 is 0 Å². The largest absolute Gasteiger partial charge is 0.399 e. The number of nitrogens with zero attached hydrogens (tertiary/aromatic N) is 2. The Bertz CT molecular complexity index is 774. The zero-order chi connectivity index (χ0) is 13.6. The number of anilines is 1. The Morgan fingerprint density at radius 2 is 1.89 bits per heavy atom. The van der Waals surface area contributed by atoms with Crippen LogP contribution in [0.2, 0.25) is 5.02 Å². The molecule has 0 amide bonds. The molecule has 2 aromatic carbocycles. The molecular weight excluding hydrogens is 258 g/mol. The van der Waals surface area contributed by atoms with Gasteiger partial charge in [-0.1, -0.05) is 17.7 Å². The van der Waals surface area contributed by atoms with E-state index in [1.54, 1.807) is 0 Å². The predicted molar refractivity (Wildman–Crippen MR) is 80.0 cm³/mol. The number of halogens is 1. The van der Waals surface area contributed by atoms with E-state index in [0.29, 0.717) is 5.69 Å². The van der Waals surface area contributed by atoms with E-state index in [4.69, 9.17) is 17.3 Å². The van der Waals surface area contributed by atoms with Crippen LogP contribution in [0.3, 0.4) is 0 Å². The van der Waals surface area contributed by atoms with Crippen molar-refractivity contribution in [1.29, 1.82) is 0 Å². The van der Waals surface area contributed by atoms with Crippen molar-refractivity contribution in [1.82, 2.24) is 9.55 Å². The van der Waals surface area contributed by atoms with Crippen LogP contribution in [-0.4, -0.2) is 9.55 Å². The Kier molecular flexibility index (Phi) is 2.72. The van der Waals surface area contributed by atoms with Gasteiger partial charge in [0.05, 0.1) is 21.7 Å². The van der Waals surface area contributed by atoms with Crippen LogP contribution < -0.4 is 5.73 Å². The van der Waals surface area contributed by atoms with Crippen LogP contribution in [0.1, 0.15) is 11.4 Å². The van der Waals surface area contributed by atoms with Crippen molar-refractivity contribution in [3.8, 4) is 5.69 Å². The van der Waals surface area contributed by atoms with E-state index in [1.165, 1.54) is 0 Å². The van der Waals surface area contributed by atoms with Crippen LogP contribution in [-0.2, 0) is 0 Å². The zero-order valence-corrected chi connectivity index (χ0v) is 11.6. The number of fused-ring (bicyclic) bond motifs is 1. The van der Waals surface area contributed by atoms with Crippen LogP contribution in [0.25, 0.3) is 16.7 Å². The molecule has 0 radical (unpaired) electrons. The number of aryl methyl sites for hydroxylation is 2. The minimum atomic E-state index is 0.715. The number of nitrogens with two attached hydrogens (primary N) is 1. The Morgan fingerprint density at radius 3 is 2.63 bits per heavy atom. The Hall–Kier alpha value is -2.00. The summed E-state index contributed by atoms with van der Waals surface area (Å²) in [6.07, 6.45) is 0. The quantitative estimate of drug-likeness (QED) is 0.683. The van der Waals surface area contributed by atoms with E-state index in [9.17, 15) is 0 Å². The second-order valence-electron chi connectivity index (χ2n) is 4.70. The van der Waals surface area contributed by atoms with Crippen LogP contribution in [0, 0.1) is 13.8 Å². The molecule has 0 saturated carbocycles. The van der Waals surface area contributed by atoms with Crippen molar-refractivity contribution in [3.05, 3.63) is 52.8 Å². The summed E-state index contributed by atoms with van der Waals surface area (Å²) in [4.78, 5) is 4.54. The number of rotatable bonds is 1. The van der Waals surface area contributed by atoms with Crippen molar-refractivity contribution in [3.63, 3.8) is 0 Å². The number of nitrogen functional groups attached to an aromatic ring is 1. The molecular formula is C15H14ClN3. The summed E-state index contributed by atoms with van der Waals surface area (Å²) in [6, 6.07) is 11.7. The van der Waals surface area contributed by atoms with Gasteiger partial charge in [-0.25, -0.2) is 4.98 Å². The Labute approximate surface area is 116 Å². The van der Waals surface area contributed by atoms with Gasteiger partial charge in [-0.3, -0.25) is 4.57 Å². The maximum Gasteiger partial charge on any atom is 0.111 e. The minimum Gasteiger partial charge on any atom is -0.399 e. The third kappa shape index (κ3) is 1.96. The molecule has 0 spiro atoms. The van der Waals surface area contributed by atoms with Gasteiger partial charge in [0.25, 0.3) is 0 Å². The van der Waals surface area contributed by atoms with Gasteiger partial charge in [0, 0.05) is 5.69 Å². The van der Waals surface area contributed by atoms with E-state index in [2.05, 4.69) is 9.55 Å². The molecule has 0 saturated heterocycles. The minimum absolute atomic E-state index is 0.715. The molecule has 1 aromatic heterocycles. The lowest BCUT2D eigenvalue weighted by Crippen LogP contribution is -1.98. The van der Waals surface area contributed by atoms with Crippen LogP contribution in [0.5, 0.6) is 0 Å². The highest BCUT2D eigenvalue weighted by atomic mass is 35.5. The third-order valence-corrected chi connectivity index (χ3v) is 3.49. The van der Waals surface area contributed by atoms with E-state index in [0.717, 1.165) is 33.1 Å². The molecule has 0 fully saturated rings. The number of benzene rings is 2. The lowest BCUT2D eigenvalue weighted by molar-refractivity contribution is 1.00. The first kappa shape index (κ1) is 12.1. The second kappa shape index (κ2) is 4.28. The first-order valence-electron chi connectivity index (χ1n) is 6.07. The van der Waals surface area contributed by atoms with Crippen LogP contribution >= 0.6 is 11.6 Å². The maximum atomic E-state index is 6.35. The molecule has 0 atom stereocenters. The second-order valence-corrected chi connectivity index (χ2v) is 5.10. The van der Waals surface area contributed by atoms with E-state index >= 15 is 0 Å². The van der Waals surface area contributed by atoms with E-state index < -0.39 is 0 Å². The average Bonchev–Trinajstić information content (AvgIpc) is 2.65. The van der Waals surface area contributed by atoms with E-state index in [-0.39, 0.29) is 0 Å². The fraction of sp³-hybridized carbons (Fsp3) is 0.133. The topological polar surface area (TPSA) is 43.8 Å². The molecule has 0 bridgehead atoms. The fourth-order valence-corrected chi connectivity index (χ4v) is 2.63. The molecule has 3 nitrogen and oxygen atoms in total. The van der Waals surface area contributed by atoms with Gasteiger partial charge in [-0.15, -0.1) is 0 Å². The highest BCUT2D eigenvalue weighted by Gasteiger charge is 2.12. The summed E-state index contributed by atoms with van der Waals surface area (Å²) >= 11 is 6.35. The zero-order valence-electron chi connectivity index (χ0n) is 10.8. The van der Waals surface area contributed by atoms with Crippen molar-refractivity contribution in [2.75, 3.05) is 5.73 Å². The van der Waals surface area contributed by atoms with Gasteiger partial charge < -0.3 is 5.73 Å². The standard InChI is InChI=1S/C15H14ClN3/c1-9-3-5-14(12(16)7-9)19-10(2)18-13-8-11(17)4-6-15(13)19/h3-8H,17H2,1-2H3. The van der Waals surface area contributed by atoms with E-state index in [1.807, 2.05) is 50.2 Å². The van der Waals surface area contributed by atoms with Gasteiger partial charge in [0.2, 0.25) is 0 Å². The van der Waals surface area contributed by atoms with Gasteiger partial charge in [-0.2, -0.15) is 0 Å². The molecule has 0 aliphatic heterocycles. The summed E-state index contributed by atoms with van der Waals surface area (Å²) in [7, 11) is 0. The molecule has 3 aromatic rings. The highest BCUT2D eigenvalue weighted by molar-refractivity contribution is 6.32. The number of hydrogen-bond acceptors (Lipinski definition) is 2. The van der Waals surface area contributed by atoms with Crippen molar-refractivity contribution >= 4 is 28.3 Å². The Balaban J connectivity index is 2.33. The highest BCUT2D eigenvalue weighted by Crippen LogP contribution is 2.28. The lowest BCUT2D eigenvalue weighted by atomic mass is 10.2. The number of hydrogen-bond donors (Lipinski definition) is 1. The summed E-state index contributed by atoms with van der Waals surface area (Å²) in [6.45, 7) is 3.99. The molecule has 1 heterocycles. The summed E-state index contributed by atoms with van der Waals surface area (Å²) in [5.74, 6) is 0.895. The van der Waals surface area contributed by atoms with Crippen LogP contribution in [0.4, 0.5) is 5.69 Å². The smallest absolute Gasteiger partial charge is 0.111 e. The third-order valence-electron chi connectivity index (χ3n) is 3.19. The number of imidazole rings is 1. The SMILES string of the molecule is Cc1ccc(-n2c(C)nc3cc(N)ccc32)c(Cl)c1. The van der Waals surface area contributed by atoms with Gasteiger partial charge in [0.1, 0.15) is 5.82 Å². The summed E-state index contributed by atoms with van der Waals surface area (Å²) in [5.41, 5.74) is 10.5. The molecule has 2 N–H and O–H groups in total. The molecule has 0 aliphatic rings. The molecule has 0 aliphatic carbocycles. The van der Waals surface area contributed by atoms with Crippen molar-refractivity contribution in [2.45, 2.75) is 13.8 Å². The van der Waals surface area contributed by atoms with Gasteiger partial charge >= 0.3 is 0 Å².